The van der Waals surface area contributed by atoms with E-state index < -0.39 is 11.8 Å². The third kappa shape index (κ3) is 5.24. The Bertz CT molecular complexity index is 759. The van der Waals surface area contributed by atoms with Gasteiger partial charge in [0.05, 0.1) is 23.8 Å². The number of carbonyl (C=O) groups excluding carboxylic acids is 2. The smallest absolute Gasteiger partial charge is 0.273 e. The summed E-state index contributed by atoms with van der Waals surface area (Å²) in [6.07, 6.45) is 0.764. The fourth-order valence-electron chi connectivity index (χ4n) is 2.25. The van der Waals surface area contributed by atoms with Crippen LogP contribution in [-0.4, -0.2) is 24.5 Å². The van der Waals surface area contributed by atoms with Crippen LogP contribution in [0.25, 0.3) is 0 Å². The van der Waals surface area contributed by atoms with Gasteiger partial charge in [-0.1, -0.05) is 31.2 Å². The molecule has 0 aliphatic carbocycles. The van der Waals surface area contributed by atoms with Crippen LogP contribution in [0.5, 0.6) is 11.5 Å². The van der Waals surface area contributed by atoms with E-state index in [4.69, 9.17) is 9.47 Å². The van der Waals surface area contributed by atoms with E-state index in [0.717, 1.165) is 6.42 Å². The van der Waals surface area contributed by atoms with Crippen LogP contribution in [0, 0.1) is 0 Å². The second-order valence-electron chi connectivity index (χ2n) is 5.92. The SMILES string of the molecule is CCCOc1ccccc1C(=O)NNC(=O)c1ccccc1OC(C)C. The van der Waals surface area contributed by atoms with Gasteiger partial charge < -0.3 is 9.47 Å². The van der Waals surface area contributed by atoms with Crippen LogP contribution in [0.3, 0.4) is 0 Å². The van der Waals surface area contributed by atoms with E-state index in [9.17, 15) is 9.59 Å². The van der Waals surface area contributed by atoms with Gasteiger partial charge in [-0.25, -0.2) is 0 Å². The van der Waals surface area contributed by atoms with Crippen LogP contribution in [0.1, 0.15) is 47.9 Å². The Morgan fingerprint density at radius 1 is 0.885 bits per heavy atom. The van der Waals surface area contributed by atoms with Crippen LogP contribution in [-0.2, 0) is 0 Å². The van der Waals surface area contributed by atoms with Crippen LogP contribution in [0.2, 0.25) is 0 Å². The maximum Gasteiger partial charge on any atom is 0.273 e. The van der Waals surface area contributed by atoms with Crippen LogP contribution < -0.4 is 20.3 Å². The molecule has 0 radical (unpaired) electrons. The van der Waals surface area contributed by atoms with Gasteiger partial charge >= 0.3 is 0 Å². The molecule has 0 aromatic heterocycles. The predicted octanol–water partition coefficient (Wildman–Crippen LogP) is 3.34. The number of hydrazine groups is 1. The van der Waals surface area contributed by atoms with Crippen molar-refractivity contribution >= 4 is 11.8 Å². The number of hydrogen-bond acceptors (Lipinski definition) is 4. The summed E-state index contributed by atoms with van der Waals surface area (Å²) in [4.78, 5) is 24.8. The molecule has 0 aliphatic rings. The van der Waals surface area contributed by atoms with Gasteiger partial charge in [-0.2, -0.15) is 0 Å². The molecule has 2 N–H and O–H groups in total. The number of ether oxygens (including phenoxy) is 2. The zero-order valence-corrected chi connectivity index (χ0v) is 15.2. The highest BCUT2D eigenvalue weighted by molar-refractivity contribution is 6.01. The van der Waals surface area contributed by atoms with Gasteiger partial charge in [0.15, 0.2) is 0 Å². The molecule has 2 rings (SSSR count). The Morgan fingerprint density at radius 3 is 1.92 bits per heavy atom. The van der Waals surface area contributed by atoms with E-state index in [2.05, 4.69) is 10.9 Å². The summed E-state index contributed by atoms with van der Waals surface area (Å²) in [5.41, 5.74) is 5.54. The molecule has 0 saturated carbocycles. The Balaban J connectivity index is 2.05. The maximum atomic E-state index is 12.4. The van der Waals surface area contributed by atoms with Gasteiger partial charge in [0.1, 0.15) is 11.5 Å². The molecule has 6 nitrogen and oxygen atoms in total. The molecule has 6 heteroatoms. The molecule has 0 saturated heterocycles. The summed E-state index contributed by atoms with van der Waals surface area (Å²) in [6, 6.07) is 13.8. The minimum Gasteiger partial charge on any atom is -0.493 e. The summed E-state index contributed by atoms with van der Waals surface area (Å²) < 4.78 is 11.2. The fraction of sp³-hybridized carbons (Fsp3) is 0.300. The van der Waals surface area contributed by atoms with Crippen LogP contribution in [0.4, 0.5) is 0 Å². The van der Waals surface area contributed by atoms with Crippen molar-refractivity contribution < 1.29 is 19.1 Å². The molecule has 0 unspecified atom stereocenters. The average molecular weight is 356 g/mol. The molecule has 0 fully saturated rings. The van der Waals surface area contributed by atoms with E-state index in [1.165, 1.54) is 0 Å². The molecule has 0 bridgehead atoms. The Hall–Kier alpha value is -3.02. The van der Waals surface area contributed by atoms with Crippen molar-refractivity contribution in [2.45, 2.75) is 33.3 Å². The lowest BCUT2D eigenvalue weighted by Gasteiger charge is -2.15. The Kier molecular flexibility index (Phi) is 7.02. The van der Waals surface area contributed by atoms with Gasteiger partial charge in [0.2, 0.25) is 0 Å². The van der Waals surface area contributed by atoms with Crippen molar-refractivity contribution in [1.29, 1.82) is 0 Å². The van der Waals surface area contributed by atoms with Crippen molar-refractivity contribution in [2.75, 3.05) is 6.61 Å². The molecule has 2 amide bonds. The lowest BCUT2D eigenvalue weighted by Crippen LogP contribution is -2.42. The standard InChI is InChI=1S/C20H24N2O4/c1-4-13-25-17-11-7-5-9-15(17)19(23)21-22-20(24)16-10-6-8-12-18(16)26-14(2)3/h5-12,14H,4,13H2,1-3H3,(H,21,23)(H,22,24). The van der Waals surface area contributed by atoms with Crippen molar-refractivity contribution in [3.63, 3.8) is 0 Å². The summed E-state index contributed by atoms with van der Waals surface area (Å²) >= 11 is 0. The third-order valence-electron chi connectivity index (χ3n) is 3.38. The second-order valence-corrected chi connectivity index (χ2v) is 5.92. The first kappa shape index (κ1) is 19.3. The van der Waals surface area contributed by atoms with E-state index >= 15 is 0 Å². The predicted molar refractivity (Wildman–Crippen MR) is 99.4 cm³/mol. The average Bonchev–Trinajstić information content (AvgIpc) is 2.64. The van der Waals surface area contributed by atoms with Crippen molar-refractivity contribution in [2.24, 2.45) is 0 Å². The third-order valence-corrected chi connectivity index (χ3v) is 3.38. The van der Waals surface area contributed by atoms with E-state index in [1.54, 1.807) is 48.5 Å². The number of hydrogen-bond donors (Lipinski definition) is 2. The number of nitrogens with one attached hydrogen (secondary N) is 2. The molecular weight excluding hydrogens is 332 g/mol. The number of benzene rings is 2. The molecule has 0 heterocycles. The second kappa shape index (κ2) is 9.46. The lowest BCUT2D eigenvalue weighted by molar-refractivity contribution is 0.0841. The minimum atomic E-state index is -0.457. The number of para-hydroxylation sites is 2. The van der Waals surface area contributed by atoms with Crippen molar-refractivity contribution in [1.82, 2.24) is 10.9 Å². The van der Waals surface area contributed by atoms with Gasteiger partial charge in [-0.15, -0.1) is 0 Å². The molecule has 2 aromatic carbocycles. The summed E-state index contributed by atoms with van der Waals surface area (Å²) in [6.45, 7) is 6.25. The first-order chi connectivity index (χ1) is 12.5. The van der Waals surface area contributed by atoms with E-state index in [0.29, 0.717) is 29.2 Å². The van der Waals surface area contributed by atoms with Crippen LogP contribution >= 0.6 is 0 Å². The molecule has 138 valence electrons. The van der Waals surface area contributed by atoms with Gasteiger partial charge in [0.25, 0.3) is 11.8 Å². The molecule has 0 spiro atoms. The Labute approximate surface area is 153 Å². The normalized spacial score (nSPS) is 10.3. The van der Waals surface area contributed by atoms with Gasteiger partial charge in [-0.3, -0.25) is 20.4 Å². The number of carbonyl (C=O) groups is 2. The molecule has 26 heavy (non-hydrogen) atoms. The highest BCUT2D eigenvalue weighted by atomic mass is 16.5. The fourth-order valence-corrected chi connectivity index (χ4v) is 2.25. The highest BCUT2D eigenvalue weighted by Gasteiger charge is 2.16. The minimum absolute atomic E-state index is 0.0684. The monoisotopic (exact) mass is 356 g/mol. The zero-order chi connectivity index (χ0) is 18.9. The van der Waals surface area contributed by atoms with Gasteiger partial charge in [0, 0.05) is 0 Å². The van der Waals surface area contributed by atoms with Gasteiger partial charge in [-0.05, 0) is 44.5 Å². The summed E-state index contributed by atoms with van der Waals surface area (Å²) in [5, 5.41) is 0. The maximum absolute atomic E-state index is 12.4. The highest BCUT2D eigenvalue weighted by Crippen LogP contribution is 2.20. The number of rotatable bonds is 7. The number of amides is 2. The summed E-state index contributed by atoms with van der Waals surface area (Å²) in [5.74, 6) is 0.0273. The lowest BCUT2D eigenvalue weighted by atomic mass is 10.2. The van der Waals surface area contributed by atoms with Crippen molar-refractivity contribution in [3.05, 3.63) is 59.7 Å². The molecular formula is C20H24N2O4. The van der Waals surface area contributed by atoms with E-state index in [-0.39, 0.29) is 6.10 Å². The molecule has 0 atom stereocenters. The first-order valence-corrected chi connectivity index (χ1v) is 8.61. The first-order valence-electron chi connectivity index (χ1n) is 8.61. The van der Waals surface area contributed by atoms with Crippen LogP contribution in [0.15, 0.2) is 48.5 Å². The topological polar surface area (TPSA) is 76.7 Å². The summed E-state index contributed by atoms with van der Waals surface area (Å²) in [7, 11) is 0. The Morgan fingerprint density at radius 2 is 1.38 bits per heavy atom. The quantitative estimate of drug-likeness (QED) is 0.746. The van der Waals surface area contributed by atoms with Crippen molar-refractivity contribution in [3.8, 4) is 11.5 Å². The zero-order valence-electron chi connectivity index (χ0n) is 15.2. The molecule has 0 aliphatic heterocycles. The van der Waals surface area contributed by atoms with E-state index in [1.807, 2.05) is 20.8 Å². The largest absolute Gasteiger partial charge is 0.493 e. The molecule has 2 aromatic rings.